The molecule has 158 valence electrons. The van der Waals surface area contributed by atoms with Crippen molar-refractivity contribution in [3.05, 3.63) is 71.8 Å². The third-order valence-electron chi connectivity index (χ3n) is 5.86. The lowest BCUT2D eigenvalue weighted by atomic mass is 9.84. The summed E-state index contributed by atoms with van der Waals surface area (Å²) in [5, 5.41) is 20.2. The summed E-state index contributed by atoms with van der Waals surface area (Å²) in [7, 11) is 0. The average Bonchev–Trinajstić information content (AvgIpc) is 3.06. The molecule has 1 saturated heterocycles. The van der Waals surface area contributed by atoms with Gasteiger partial charge in [-0.3, -0.25) is 0 Å². The molecule has 0 aliphatic carbocycles. The number of rotatable bonds is 10. The first-order valence-corrected chi connectivity index (χ1v) is 10.7. The fourth-order valence-corrected chi connectivity index (χ4v) is 4.26. The summed E-state index contributed by atoms with van der Waals surface area (Å²) in [6, 6.07) is 20.6. The molecule has 1 aliphatic heterocycles. The number of aliphatic hydroxyl groups excluding tert-OH is 2. The Kier molecular flexibility index (Phi) is 7.84. The van der Waals surface area contributed by atoms with Crippen LogP contribution in [0.4, 0.5) is 0 Å². The van der Waals surface area contributed by atoms with Crippen LogP contribution in [0.5, 0.6) is 0 Å². The fourth-order valence-electron chi connectivity index (χ4n) is 4.26. The van der Waals surface area contributed by atoms with Gasteiger partial charge in [-0.25, -0.2) is 0 Å². The van der Waals surface area contributed by atoms with Crippen molar-refractivity contribution in [2.45, 2.75) is 57.5 Å². The highest BCUT2D eigenvalue weighted by atomic mass is 16.8. The molecule has 0 spiro atoms. The number of benzene rings is 2. The summed E-state index contributed by atoms with van der Waals surface area (Å²) in [6.45, 7) is 3.92. The molecule has 4 heteroatoms. The molecule has 0 radical (unpaired) electrons. The Balaban J connectivity index is 1.68. The van der Waals surface area contributed by atoms with E-state index in [9.17, 15) is 10.2 Å². The molecule has 4 nitrogen and oxygen atoms in total. The summed E-state index contributed by atoms with van der Waals surface area (Å²) in [5.74, 6) is -0.782. The molecule has 2 aromatic carbocycles. The highest BCUT2D eigenvalue weighted by molar-refractivity contribution is 5.15. The van der Waals surface area contributed by atoms with Crippen LogP contribution in [-0.4, -0.2) is 41.4 Å². The van der Waals surface area contributed by atoms with Crippen molar-refractivity contribution in [2.75, 3.05) is 13.2 Å². The molecule has 1 aliphatic rings. The quantitative estimate of drug-likeness (QED) is 0.635. The minimum Gasteiger partial charge on any atom is -0.396 e. The van der Waals surface area contributed by atoms with E-state index in [1.54, 1.807) is 0 Å². The first-order valence-electron chi connectivity index (χ1n) is 10.7. The average molecular weight is 399 g/mol. The minimum absolute atomic E-state index is 0.0345. The molecule has 2 aromatic rings. The molecule has 3 rings (SSSR count). The number of ether oxygens (including phenoxy) is 2. The number of hydrogen-bond acceptors (Lipinski definition) is 4. The molecule has 1 heterocycles. The molecule has 4 atom stereocenters. The van der Waals surface area contributed by atoms with E-state index in [0.717, 1.165) is 25.7 Å². The second-order valence-electron chi connectivity index (χ2n) is 8.50. The van der Waals surface area contributed by atoms with E-state index in [0.29, 0.717) is 0 Å². The summed E-state index contributed by atoms with van der Waals surface area (Å²) in [5.41, 5.74) is 2.51. The molecule has 0 aromatic heterocycles. The largest absolute Gasteiger partial charge is 0.396 e. The Bertz CT molecular complexity index is 655. The molecule has 0 amide bonds. The number of aliphatic hydroxyl groups is 2. The van der Waals surface area contributed by atoms with E-state index in [2.05, 4.69) is 24.3 Å². The van der Waals surface area contributed by atoms with Gasteiger partial charge in [0.1, 0.15) is 0 Å². The first kappa shape index (κ1) is 22.0. The van der Waals surface area contributed by atoms with Gasteiger partial charge in [0.05, 0.1) is 12.2 Å². The molecular weight excluding hydrogens is 364 g/mol. The van der Waals surface area contributed by atoms with Crippen molar-refractivity contribution in [1.29, 1.82) is 0 Å². The lowest BCUT2D eigenvalue weighted by Gasteiger charge is -2.29. The Morgan fingerprint density at radius 1 is 0.724 bits per heavy atom. The van der Waals surface area contributed by atoms with Crippen LogP contribution in [-0.2, 0) is 22.3 Å². The lowest BCUT2D eigenvalue weighted by molar-refractivity contribution is -0.156. The van der Waals surface area contributed by atoms with Crippen LogP contribution in [0.2, 0.25) is 0 Å². The Hall–Kier alpha value is -1.72. The number of aryl methyl sites for hydroxylation is 2. The fraction of sp³-hybridized carbons (Fsp3) is 0.520. The van der Waals surface area contributed by atoms with Gasteiger partial charge in [-0.15, -0.1) is 0 Å². The smallest absolute Gasteiger partial charge is 0.163 e. The van der Waals surface area contributed by atoms with E-state index >= 15 is 0 Å². The van der Waals surface area contributed by atoms with Crippen molar-refractivity contribution in [3.63, 3.8) is 0 Å². The van der Waals surface area contributed by atoms with Gasteiger partial charge in [-0.2, -0.15) is 0 Å². The molecule has 29 heavy (non-hydrogen) atoms. The summed E-state index contributed by atoms with van der Waals surface area (Å²) in [6.07, 6.45) is 2.94. The topological polar surface area (TPSA) is 58.9 Å². The van der Waals surface area contributed by atoms with Crippen molar-refractivity contribution in [1.82, 2.24) is 0 Å². The summed E-state index contributed by atoms with van der Waals surface area (Å²) in [4.78, 5) is 0. The monoisotopic (exact) mass is 398 g/mol. The second-order valence-corrected chi connectivity index (χ2v) is 8.50. The second kappa shape index (κ2) is 10.4. The van der Waals surface area contributed by atoms with Crippen molar-refractivity contribution >= 4 is 0 Å². The van der Waals surface area contributed by atoms with Crippen LogP contribution in [0.15, 0.2) is 60.7 Å². The molecule has 0 saturated carbocycles. The van der Waals surface area contributed by atoms with Crippen LogP contribution >= 0.6 is 0 Å². The predicted molar refractivity (Wildman–Crippen MR) is 115 cm³/mol. The SMILES string of the molecule is CC1(C)O[C@H]([C@H](CO)CCc2ccccc2)[C@H]([C@H](CO)CCc2ccccc2)O1. The van der Waals surface area contributed by atoms with Gasteiger partial charge >= 0.3 is 0 Å². The Morgan fingerprint density at radius 3 is 1.45 bits per heavy atom. The van der Waals surface area contributed by atoms with E-state index in [1.165, 1.54) is 11.1 Å². The molecule has 2 N–H and O–H groups in total. The maximum atomic E-state index is 10.1. The van der Waals surface area contributed by atoms with Gasteiger partial charge in [0.2, 0.25) is 0 Å². The lowest BCUT2D eigenvalue weighted by Crippen LogP contribution is -2.40. The van der Waals surface area contributed by atoms with E-state index in [1.807, 2.05) is 50.2 Å². The van der Waals surface area contributed by atoms with Gasteiger partial charge in [-0.05, 0) is 50.7 Å². The zero-order valence-corrected chi connectivity index (χ0v) is 17.5. The third kappa shape index (κ3) is 6.13. The van der Waals surface area contributed by atoms with Gasteiger partial charge < -0.3 is 19.7 Å². The molecule has 1 fully saturated rings. The van der Waals surface area contributed by atoms with Crippen LogP contribution in [0, 0.1) is 11.8 Å². The Morgan fingerprint density at radius 2 is 1.10 bits per heavy atom. The van der Waals surface area contributed by atoms with Crippen LogP contribution in [0.3, 0.4) is 0 Å². The third-order valence-corrected chi connectivity index (χ3v) is 5.86. The van der Waals surface area contributed by atoms with E-state index < -0.39 is 5.79 Å². The van der Waals surface area contributed by atoms with E-state index in [-0.39, 0.29) is 37.3 Å². The first-order chi connectivity index (χ1) is 14.0. The number of hydrogen-bond donors (Lipinski definition) is 2. The Labute approximate surface area is 174 Å². The summed E-state index contributed by atoms with van der Waals surface area (Å²) >= 11 is 0. The molecule has 0 unspecified atom stereocenters. The zero-order valence-electron chi connectivity index (χ0n) is 17.5. The predicted octanol–water partition coefficient (Wildman–Crippen LogP) is 3.99. The van der Waals surface area contributed by atoms with Gasteiger partial charge in [0.15, 0.2) is 5.79 Å². The van der Waals surface area contributed by atoms with Crippen molar-refractivity contribution in [3.8, 4) is 0 Å². The maximum absolute atomic E-state index is 10.1. The van der Waals surface area contributed by atoms with Crippen LogP contribution in [0.25, 0.3) is 0 Å². The highest BCUT2D eigenvalue weighted by Crippen LogP contribution is 2.38. The molecule has 0 bridgehead atoms. The van der Waals surface area contributed by atoms with Gasteiger partial charge in [0, 0.05) is 25.0 Å². The van der Waals surface area contributed by atoms with Crippen molar-refractivity contribution < 1.29 is 19.7 Å². The standard InChI is InChI=1S/C25H34O4/c1-25(2)28-23(21(17-26)15-13-19-9-5-3-6-10-19)24(29-25)22(18-27)16-14-20-11-7-4-8-12-20/h3-12,21-24,26-27H,13-18H2,1-2H3/t21-,22-,23-,24+/m0/s1. The van der Waals surface area contributed by atoms with Crippen LogP contribution < -0.4 is 0 Å². The highest BCUT2D eigenvalue weighted by Gasteiger charge is 2.47. The van der Waals surface area contributed by atoms with Gasteiger partial charge in [0.25, 0.3) is 0 Å². The van der Waals surface area contributed by atoms with E-state index in [4.69, 9.17) is 9.47 Å². The van der Waals surface area contributed by atoms with Crippen LogP contribution in [0.1, 0.15) is 37.8 Å². The van der Waals surface area contributed by atoms with Gasteiger partial charge in [-0.1, -0.05) is 60.7 Å². The normalized spacial score (nSPS) is 23.0. The summed E-state index contributed by atoms with van der Waals surface area (Å²) < 4.78 is 12.5. The minimum atomic E-state index is -0.713. The molecular formula is C25H34O4. The van der Waals surface area contributed by atoms with Crippen molar-refractivity contribution in [2.24, 2.45) is 11.8 Å². The maximum Gasteiger partial charge on any atom is 0.163 e. The zero-order chi connectivity index (χ0) is 20.7.